The zero-order valence-corrected chi connectivity index (χ0v) is 52.5. The van der Waals surface area contributed by atoms with Crippen LogP contribution < -0.4 is 9.13 Å². The topological polar surface area (TPSA) is 30.5 Å². The van der Waals surface area contributed by atoms with E-state index in [1.54, 1.807) is 0 Å². The van der Waals surface area contributed by atoms with E-state index < -0.39 is 0 Å². The molecule has 5 aromatic heterocycles. The van der Waals surface area contributed by atoms with Gasteiger partial charge in [0, 0.05) is 84.4 Å². The number of hydrogen-bond donors (Lipinski definition) is 0. The molecule has 1 radical (unpaired) electrons. The van der Waals surface area contributed by atoms with Crippen molar-refractivity contribution in [2.24, 2.45) is 0 Å². The molecule has 5 nitrogen and oxygen atoms in total. The van der Waals surface area contributed by atoms with Crippen molar-refractivity contribution < 1.29 is 29.2 Å². The van der Waals surface area contributed by atoms with Gasteiger partial charge in [0.2, 0.25) is 0 Å². The first-order valence-electron chi connectivity index (χ1n) is 30.2. The number of para-hydroxylation sites is 4. The molecule has 439 valence electrons. The first kappa shape index (κ1) is 58.6. The van der Waals surface area contributed by atoms with Crippen LogP contribution in [-0.4, -0.2) is 14.1 Å². The SMILES string of the molecule is [CH2-][n+]1ccc2ccccc2c1-c1[c-]cccc1.[CH2-]c1ccccc1-c1c2ccccc2cc[n+]1[CH2-].[CH2-]c1ccccc1-c1nccc2ccccc12.[Ir].c1ccc2c(c1)c1ccccc1n2-c1ccc(-c2ccc(-n3c4ccccc4c4ccccc43)cc2)cc1. The third kappa shape index (κ3) is 11.6. The van der Waals surface area contributed by atoms with Gasteiger partial charge >= 0.3 is 0 Å². The number of aromatic nitrogens is 5. The number of hydrogen-bond acceptors (Lipinski definition) is 1. The van der Waals surface area contributed by atoms with E-state index in [0.717, 1.165) is 44.9 Å². The Labute approximate surface area is 545 Å². The van der Waals surface area contributed by atoms with Crippen molar-refractivity contribution in [2.45, 2.75) is 0 Å². The van der Waals surface area contributed by atoms with Crippen LogP contribution in [0, 0.1) is 34.0 Å². The van der Waals surface area contributed by atoms with Crippen LogP contribution in [0.1, 0.15) is 11.1 Å². The first-order chi connectivity index (χ1) is 44.4. The van der Waals surface area contributed by atoms with Gasteiger partial charge in [-0.05, 0) is 105 Å². The molecule has 0 aliphatic rings. The second kappa shape index (κ2) is 26.1. The van der Waals surface area contributed by atoms with E-state index in [0.29, 0.717) is 0 Å². The molecule has 0 spiro atoms. The molecule has 6 heteroatoms. The van der Waals surface area contributed by atoms with Crippen LogP contribution in [0.4, 0.5) is 0 Å². The van der Waals surface area contributed by atoms with Crippen LogP contribution >= 0.6 is 0 Å². The van der Waals surface area contributed by atoms with Gasteiger partial charge in [0.25, 0.3) is 0 Å². The molecule has 0 amide bonds. The fourth-order valence-corrected chi connectivity index (χ4v) is 12.5. The molecule has 17 aromatic rings. The standard InChI is InChI=1S/C36H24N2.C17H14N.2C16H12N.Ir/c1-5-13-33-29(9-1)30-10-2-6-14-34(30)37(33)27-21-17-25(18-22-27)26-19-23-28(24-20-26)38-35-15-7-3-11-31(35)32-12-4-8-16-36(32)38;1-13-7-3-5-9-15(13)17-16-10-6-4-8-14(16)11-12-18(17)2;1-12-6-2-4-8-14(12)16-15-9-5-3-7-13(15)10-11-17-16;1-17-12-11-13-7-5-6-10-15(13)16(17)14-8-3-2-4-9-14;/h1-24H;3-12H,1-2H2;2-11H,1H2;2-8,10-12H,1H2;/q;3*-1;. The van der Waals surface area contributed by atoms with E-state index >= 15 is 0 Å². The van der Waals surface area contributed by atoms with Gasteiger partial charge in [-0.1, -0.05) is 188 Å². The fourth-order valence-electron chi connectivity index (χ4n) is 12.5. The number of rotatable bonds is 6. The van der Waals surface area contributed by atoms with Gasteiger partial charge in [-0.15, -0.1) is 65.7 Å². The van der Waals surface area contributed by atoms with Crippen LogP contribution in [0.2, 0.25) is 0 Å². The van der Waals surface area contributed by atoms with E-state index in [4.69, 9.17) is 0 Å². The van der Waals surface area contributed by atoms with Gasteiger partial charge in [0.05, 0.1) is 40.2 Å². The Kier molecular flexibility index (Phi) is 16.8. The minimum atomic E-state index is 0. The molecule has 0 bridgehead atoms. The van der Waals surface area contributed by atoms with Crippen molar-refractivity contribution in [1.29, 1.82) is 0 Å². The quantitative estimate of drug-likeness (QED) is 0.121. The Morgan fingerprint density at radius 2 is 0.681 bits per heavy atom. The van der Waals surface area contributed by atoms with Gasteiger partial charge in [0.1, 0.15) is 5.69 Å². The van der Waals surface area contributed by atoms with Crippen molar-refractivity contribution >= 4 is 75.9 Å². The molecule has 17 rings (SSSR count). The summed E-state index contributed by atoms with van der Waals surface area (Å²) in [7, 11) is 8.12. The summed E-state index contributed by atoms with van der Waals surface area (Å²) in [5.74, 6) is 0. The summed E-state index contributed by atoms with van der Waals surface area (Å²) in [5, 5.41) is 12.4. The Balaban J connectivity index is 0.000000120. The van der Waals surface area contributed by atoms with Gasteiger partial charge in [-0.3, -0.25) is 4.98 Å². The van der Waals surface area contributed by atoms with E-state index in [-0.39, 0.29) is 20.1 Å². The van der Waals surface area contributed by atoms with Crippen molar-refractivity contribution in [2.75, 3.05) is 0 Å². The largest absolute Gasteiger partial charge is 0.343 e. The molecule has 0 aliphatic heterocycles. The summed E-state index contributed by atoms with van der Waals surface area (Å²) in [6.45, 7) is 8.17. The minimum Gasteiger partial charge on any atom is -0.343 e. The molecular formula is C85H62IrN5-3. The van der Waals surface area contributed by atoms with Gasteiger partial charge in [-0.2, -0.15) is 37.1 Å². The summed E-state index contributed by atoms with van der Waals surface area (Å²) in [4.78, 5) is 4.50. The fraction of sp³-hybridized carbons (Fsp3) is 0. The third-order valence-corrected chi connectivity index (χ3v) is 16.8. The third-order valence-electron chi connectivity index (χ3n) is 16.8. The number of pyridine rings is 3. The molecule has 91 heavy (non-hydrogen) atoms. The summed E-state index contributed by atoms with van der Waals surface area (Å²) in [6.07, 6.45) is 5.83. The van der Waals surface area contributed by atoms with Crippen LogP contribution in [0.3, 0.4) is 0 Å². The molecule has 0 unspecified atom stereocenters. The maximum absolute atomic E-state index is 4.50. The molecule has 12 aromatic carbocycles. The van der Waals surface area contributed by atoms with Crippen LogP contribution in [0.5, 0.6) is 0 Å². The van der Waals surface area contributed by atoms with Crippen molar-refractivity contribution in [3.8, 4) is 56.3 Å². The summed E-state index contributed by atoms with van der Waals surface area (Å²) in [5.41, 5.74) is 18.3. The average molecular weight is 1350 g/mol. The van der Waals surface area contributed by atoms with Crippen LogP contribution in [-0.2, 0) is 20.1 Å². The number of fused-ring (bicyclic) bond motifs is 9. The van der Waals surface area contributed by atoms with Crippen molar-refractivity contribution in [3.63, 3.8) is 0 Å². The van der Waals surface area contributed by atoms with Crippen molar-refractivity contribution in [3.05, 3.63) is 373 Å². The van der Waals surface area contributed by atoms with Gasteiger partial charge in [0.15, 0.2) is 0 Å². The second-order valence-corrected chi connectivity index (χ2v) is 22.2. The van der Waals surface area contributed by atoms with Gasteiger partial charge < -0.3 is 18.3 Å². The Morgan fingerprint density at radius 3 is 1.13 bits per heavy atom. The molecule has 0 fully saturated rings. The number of nitrogens with zero attached hydrogens (tertiary/aromatic N) is 5. The maximum atomic E-state index is 4.50. The Bertz CT molecular complexity index is 5150. The predicted molar refractivity (Wildman–Crippen MR) is 376 cm³/mol. The molecule has 0 atom stereocenters. The first-order valence-corrected chi connectivity index (χ1v) is 30.2. The van der Waals surface area contributed by atoms with Crippen molar-refractivity contribution in [1.82, 2.24) is 14.1 Å². The Hall–Kier alpha value is -11.4. The normalized spacial score (nSPS) is 10.9. The smallest absolute Gasteiger partial charge is 0.122 e. The van der Waals surface area contributed by atoms with Crippen LogP contribution in [0.15, 0.2) is 328 Å². The summed E-state index contributed by atoms with van der Waals surface area (Å²) in [6, 6.07) is 111. The minimum absolute atomic E-state index is 0. The molecule has 0 aliphatic carbocycles. The molecule has 0 saturated carbocycles. The van der Waals surface area contributed by atoms with E-state index in [2.05, 4.69) is 279 Å². The molecule has 0 saturated heterocycles. The van der Waals surface area contributed by atoms with Gasteiger partial charge in [-0.25, -0.2) is 0 Å². The molecule has 5 heterocycles. The zero-order chi connectivity index (χ0) is 60.9. The molecular weight excluding hydrogens is 1280 g/mol. The monoisotopic (exact) mass is 1350 g/mol. The Morgan fingerprint density at radius 1 is 0.319 bits per heavy atom. The average Bonchev–Trinajstić information content (AvgIpc) is 1.89. The maximum Gasteiger partial charge on any atom is 0.122 e. The predicted octanol–water partition coefficient (Wildman–Crippen LogP) is 20.5. The number of benzene rings is 12. The summed E-state index contributed by atoms with van der Waals surface area (Å²) >= 11 is 0. The summed E-state index contributed by atoms with van der Waals surface area (Å²) < 4.78 is 8.53. The zero-order valence-electron chi connectivity index (χ0n) is 50.1. The van der Waals surface area contributed by atoms with E-state index in [9.17, 15) is 0 Å². The van der Waals surface area contributed by atoms with Crippen LogP contribution in [0.25, 0.3) is 132 Å². The second-order valence-electron chi connectivity index (χ2n) is 22.2. The molecule has 0 N–H and O–H groups in total. The van der Waals surface area contributed by atoms with E-state index in [1.165, 1.54) is 98.4 Å². The van der Waals surface area contributed by atoms with E-state index in [1.807, 2.05) is 107 Å².